The zero-order valence-electron chi connectivity index (χ0n) is 11.8. The minimum absolute atomic E-state index is 0.0701. The lowest BCUT2D eigenvalue weighted by atomic mass is 10.1. The third-order valence-corrected chi connectivity index (χ3v) is 4.29. The van der Waals surface area contributed by atoms with Gasteiger partial charge in [0.1, 0.15) is 11.3 Å². The van der Waals surface area contributed by atoms with Crippen molar-refractivity contribution in [2.75, 3.05) is 13.1 Å². The lowest BCUT2D eigenvalue weighted by Gasteiger charge is -2.20. The Bertz CT molecular complexity index is 702. The van der Waals surface area contributed by atoms with E-state index in [9.17, 15) is 9.90 Å². The first-order valence-electron chi connectivity index (χ1n) is 7.31. The SMILES string of the molecule is O=c1cc(CN2CCCCCC2)c2cc(Cl)c(O)cc2o1. The van der Waals surface area contributed by atoms with Gasteiger partial charge in [0.2, 0.25) is 0 Å². The van der Waals surface area contributed by atoms with Crippen LogP contribution in [0.15, 0.2) is 27.4 Å². The molecule has 2 heterocycles. The summed E-state index contributed by atoms with van der Waals surface area (Å²) in [5.74, 6) is -0.0701. The fraction of sp³-hybridized carbons (Fsp3) is 0.438. The molecule has 0 aliphatic carbocycles. The molecular formula is C16H18ClNO3. The zero-order valence-corrected chi connectivity index (χ0v) is 12.5. The standard InChI is InChI=1S/C16H18ClNO3/c17-13-8-12-11(10-18-5-3-1-2-4-6-18)7-16(20)21-15(12)9-14(13)19/h7-9,19H,1-6,10H2. The number of fused-ring (bicyclic) bond motifs is 1. The summed E-state index contributed by atoms with van der Waals surface area (Å²) in [6.07, 6.45) is 4.93. The van der Waals surface area contributed by atoms with Crippen LogP contribution in [0.25, 0.3) is 11.0 Å². The van der Waals surface area contributed by atoms with Gasteiger partial charge in [-0.25, -0.2) is 4.79 Å². The van der Waals surface area contributed by atoms with Crippen molar-refractivity contribution in [3.8, 4) is 5.75 Å². The molecule has 0 saturated carbocycles. The summed E-state index contributed by atoms with van der Waals surface area (Å²) in [5.41, 5.74) is 0.897. The Balaban J connectivity index is 2.00. The summed E-state index contributed by atoms with van der Waals surface area (Å²) in [6, 6.07) is 4.61. The number of hydrogen-bond acceptors (Lipinski definition) is 4. The number of nitrogens with zero attached hydrogens (tertiary/aromatic N) is 1. The maximum Gasteiger partial charge on any atom is 0.336 e. The fourth-order valence-corrected chi connectivity index (χ4v) is 3.07. The predicted octanol–water partition coefficient (Wildman–Crippen LogP) is 3.53. The quantitative estimate of drug-likeness (QED) is 0.862. The molecule has 0 atom stereocenters. The van der Waals surface area contributed by atoms with E-state index in [2.05, 4.69) is 4.90 Å². The molecule has 2 aromatic rings. The highest BCUT2D eigenvalue weighted by atomic mass is 35.5. The molecule has 0 unspecified atom stereocenters. The summed E-state index contributed by atoms with van der Waals surface area (Å²) in [4.78, 5) is 14.1. The van der Waals surface area contributed by atoms with E-state index in [0.29, 0.717) is 12.1 Å². The average molecular weight is 308 g/mol. The fourth-order valence-electron chi connectivity index (χ4n) is 2.90. The van der Waals surface area contributed by atoms with E-state index in [4.69, 9.17) is 16.0 Å². The van der Waals surface area contributed by atoms with Crippen LogP contribution >= 0.6 is 11.6 Å². The molecule has 1 fully saturated rings. The number of phenolic OH excluding ortho intramolecular Hbond substituents is 1. The van der Waals surface area contributed by atoms with Gasteiger partial charge in [-0.1, -0.05) is 24.4 Å². The van der Waals surface area contributed by atoms with Gasteiger partial charge in [-0.15, -0.1) is 0 Å². The molecule has 0 spiro atoms. The zero-order chi connectivity index (χ0) is 14.8. The van der Waals surface area contributed by atoms with Crippen LogP contribution in [0.5, 0.6) is 5.75 Å². The van der Waals surface area contributed by atoms with Gasteiger partial charge in [0.25, 0.3) is 0 Å². The summed E-state index contributed by atoms with van der Waals surface area (Å²) >= 11 is 5.98. The van der Waals surface area contributed by atoms with Crippen molar-refractivity contribution in [1.82, 2.24) is 4.90 Å². The van der Waals surface area contributed by atoms with Crippen molar-refractivity contribution in [3.05, 3.63) is 39.2 Å². The second-order valence-electron chi connectivity index (χ2n) is 5.58. The van der Waals surface area contributed by atoms with Crippen LogP contribution in [-0.2, 0) is 6.54 Å². The molecule has 3 rings (SSSR count). The summed E-state index contributed by atoms with van der Waals surface area (Å²) in [6.45, 7) is 2.81. The van der Waals surface area contributed by atoms with Gasteiger partial charge in [0.05, 0.1) is 5.02 Å². The molecule has 112 valence electrons. The van der Waals surface area contributed by atoms with Crippen molar-refractivity contribution in [1.29, 1.82) is 0 Å². The van der Waals surface area contributed by atoms with Gasteiger partial charge in [0, 0.05) is 24.1 Å². The van der Waals surface area contributed by atoms with Crippen LogP contribution in [0.4, 0.5) is 0 Å². The molecule has 21 heavy (non-hydrogen) atoms. The van der Waals surface area contributed by atoms with Gasteiger partial charge in [-0.2, -0.15) is 0 Å². The largest absolute Gasteiger partial charge is 0.506 e. The van der Waals surface area contributed by atoms with E-state index in [0.717, 1.165) is 24.0 Å². The number of halogens is 1. The second kappa shape index (κ2) is 6.08. The van der Waals surface area contributed by atoms with Crippen LogP contribution in [-0.4, -0.2) is 23.1 Å². The molecule has 1 aliphatic heterocycles. The van der Waals surface area contributed by atoms with Crippen LogP contribution < -0.4 is 5.63 Å². The smallest absolute Gasteiger partial charge is 0.336 e. The van der Waals surface area contributed by atoms with E-state index in [1.54, 1.807) is 6.07 Å². The van der Waals surface area contributed by atoms with Gasteiger partial charge in [-0.3, -0.25) is 4.90 Å². The van der Waals surface area contributed by atoms with Crippen LogP contribution in [0.3, 0.4) is 0 Å². The molecule has 4 nitrogen and oxygen atoms in total. The number of likely N-dealkylation sites (tertiary alicyclic amines) is 1. The molecule has 1 aromatic heterocycles. The van der Waals surface area contributed by atoms with E-state index in [1.165, 1.54) is 37.8 Å². The molecule has 1 N–H and O–H groups in total. The molecule has 1 aliphatic rings. The van der Waals surface area contributed by atoms with E-state index in [-0.39, 0.29) is 10.8 Å². The van der Waals surface area contributed by atoms with Crippen molar-refractivity contribution >= 4 is 22.6 Å². The van der Waals surface area contributed by atoms with Crippen molar-refractivity contribution in [2.45, 2.75) is 32.2 Å². The average Bonchev–Trinajstić information content (AvgIpc) is 2.69. The Labute approximate surface area is 127 Å². The highest BCUT2D eigenvalue weighted by Gasteiger charge is 2.14. The van der Waals surface area contributed by atoms with E-state index < -0.39 is 5.63 Å². The highest BCUT2D eigenvalue weighted by Crippen LogP contribution is 2.30. The number of rotatable bonds is 2. The molecule has 0 amide bonds. The second-order valence-corrected chi connectivity index (χ2v) is 5.99. The van der Waals surface area contributed by atoms with Crippen LogP contribution in [0.1, 0.15) is 31.2 Å². The lowest BCUT2D eigenvalue weighted by Crippen LogP contribution is -2.24. The van der Waals surface area contributed by atoms with Crippen molar-refractivity contribution < 1.29 is 9.52 Å². The molecule has 1 saturated heterocycles. The Hall–Kier alpha value is -1.52. The minimum atomic E-state index is -0.394. The van der Waals surface area contributed by atoms with E-state index in [1.807, 2.05) is 0 Å². The summed E-state index contributed by atoms with van der Waals surface area (Å²) in [7, 11) is 0. The normalized spacial score (nSPS) is 17.0. The van der Waals surface area contributed by atoms with Gasteiger partial charge in [0.15, 0.2) is 0 Å². The first kappa shape index (κ1) is 14.4. The third-order valence-electron chi connectivity index (χ3n) is 3.99. The summed E-state index contributed by atoms with van der Waals surface area (Å²) < 4.78 is 5.16. The Morgan fingerprint density at radius 2 is 1.86 bits per heavy atom. The van der Waals surface area contributed by atoms with Crippen LogP contribution in [0, 0.1) is 0 Å². The number of phenols is 1. The van der Waals surface area contributed by atoms with Gasteiger partial charge >= 0.3 is 5.63 Å². The number of aromatic hydroxyl groups is 1. The molecule has 0 bridgehead atoms. The monoisotopic (exact) mass is 307 g/mol. The molecule has 1 aromatic carbocycles. The first-order valence-corrected chi connectivity index (χ1v) is 7.69. The van der Waals surface area contributed by atoms with Crippen LogP contribution in [0.2, 0.25) is 5.02 Å². The summed E-state index contributed by atoms with van der Waals surface area (Å²) in [5, 5.41) is 10.7. The van der Waals surface area contributed by atoms with Gasteiger partial charge in [-0.05, 0) is 37.6 Å². The topological polar surface area (TPSA) is 53.7 Å². The Kier molecular flexibility index (Phi) is 4.17. The van der Waals surface area contributed by atoms with Crippen molar-refractivity contribution in [3.63, 3.8) is 0 Å². The Morgan fingerprint density at radius 1 is 1.14 bits per heavy atom. The number of benzene rings is 1. The molecule has 0 radical (unpaired) electrons. The maximum absolute atomic E-state index is 11.7. The lowest BCUT2D eigenvalue weighted by molar-refractivity contribution is 0.277. The van der Waals surface area contributed by atoms with Gasteiger partial charge < -0.3 is 9.52 Å². The number of hydrogen-bond donors (Lipinski definition) is 1. The molecule has 5 heteroatoms. The van der Waals surface area contributed by atoms with E-state index >= 15 is 0 Å². The predicted molar refractivity (Wildman–Crippen MR) is 82.9 cm³/mol. The maximum atomic E-state index is 11.7. The third kappa shape index (κ3) is 3.22. The minimum Gasteiger partial charge on any atom is -0.506 e. The molecular weight excluding hydrogens is 290 g/mol. The highest BCUT2D eigenvalue weighted by molar-refractivity contribution is 6.32. The first-order chi connectivity index (χ1) is 10.1. The van der Waals surface area contributed by atoms with Crippen molar-refractivity contribution in [2.24, 2.45) is 0 Å². The Morgan fingerprint density at radius 3 is 2.57 bits per heavy atom.